The Kier molecular flexibility index (Phi) is 3.89. The Morgan fingerprint density at radius 1 is 1.35 bits per heavy atom. The second-order valence-corrected chi connectivity index (χ2v) is 6.26. The van der Waals surface area contributed by atoms with Crippen LogP contribution < -0.4 is 10.9 Å². The number of nitrogens with zero attached hydrogens (tertiary/aromatic N) is 4. The average Bonchev–Trinajstić information content (AvgIpc) is 3.31. The molecule has 0 radical (unpaired) electrons. The number of benzene rings is 1. The van der Waals surface area contributed by atoms with E-state index in [1.165, 1.54) is 29.8 Å². The molecule has 0 saturated carbocycles. The number of nitrogens with one attached hydrogen (secondary N) is 3. The van der Waals surface area contributed by atoms with Gasteiger partial charge in [0.15, 0.2) is 5.82 Å². The van der Waals surface area contributed by atoms with Gasteiger partial charge >= 0.3 is 0 Å². The lowest BCUT2D eigenvalue weighted by atomic mass is 10.2. The molecule has 0 aliphatic heterocycles. The van der Waals surface area contributed by atoms with Crippen molar-refractivity contribution in [3.05, 3.63) is 62.3 Å². The summed E-state index contributed by atoms with van der Waals surface area (Å²) in [6, 6.07) is 6.49. The average molecular weight is 369 g/mol. The number of anilines is 1. The van der Waals surface area contributed by atoms with Gasteiger partial charge in [0.05, 0.1) is 33.6 Å². The van der Waals surface area contributed by atoms with E-state index in [9.17, 15) is 14.9 Å². The van der Waals surface area contributed by atoms with Crippen LogP contribution in [0.15, 0.2) is 40.8 Å². The quantitative estimate of drug-likeness (QED) is 0.362. The standard InChI is InChI=1S/C15H11N7O3S/c23-15-8-4-11(22(24)25)10(5-9(8)17-7-18-15)16-6-13-19-14(21-20-13)12-2-1-3-26-12/h1-5,7,16H,6H2,(H,17,18,23)(H,19,20,21). The Balaban J connectivity index is 1.63. The van der Waals surface area contributed by atoms with Crippen molar-refractivity contribution in [1.29, 1.82) is 0 Å². The molecule has 0 bridgehead atoms. The molecule has 3 N–H and O–H groups in total. The van der Waals surface area contributed by atoms with Crippen molar-refractivity contribution in [2.45, 2.75) is 6.54 Å². The summed E-state index contributed by atoms with van der Waals surface area (Å²) in [5, 5.41) is 23.3. The van der Waals surface area contributed by atoms with Gasteiger partial charge in [-0.25, -0.2) is 9.97 Å². The van der Waals surface area contributed by atoms with Gasteiger partial charge in [-0.2, -0.15) is 5.10 Å². The maximum atomic E-state index is 11.8. The molecule has 0 saturated heterocycles. The van der Waals surface area contributed by atoms with Crippen LogP contribution in [0.5, 0.6) is 0 Å². The normalized spacial score (nSPS) is 10.9. The minimum Gasteiger partial charge on any atom is -0.372 e. The predicted molar refractivity (Wildman–Crippen MR) is 96.0 cm³/mol. The summed E-state index contributed by atoms with van der Waals surface area (Å²) >= 11 is 1.52. The molecule has 0 fully saturated rings. The van der Waals surface area contributed by atoms with E-state index >= 15 is 0 Å². The van der Waals surface area contributed by atoms with Crippen molar-refractivity contribution in [2.24, 2.45) is 0 Å². The highest BCUT2D eigenvalue weighted by molar-refractivity contribution is 7.13. The second kappa shape index (κ2) is 6.37. The van der Waals surface area contributed by atoms with E-state index in [-0.39, 0.29) is 23.3 Å². The highest BCUT2D eigenvalue weighted by Gasteiger charge is 2.17. The summed E-state index contributed by atoms with van der Waals surface area (Å²) < 4.78 is 0. The molecule has 4 rings (SSSR count). The lowest BCUT2D eigenvalue weighted by Crippen LogP contribution is -2.09. The lowest BCUT2D eigenvalue weighted by Gasteiger charge is -2.06. The fraction of sp³-hybridized carbons (Fsp3) is 0.0667. The number of nitro groups is 1. The molecule has 0 amide bonds. The lowest BCUT2D eigenvalue weighted by molar-refractivity contribution is -0.383. The van der Waals surface area contributed by atoms with Gasteiger partial charge in [0.1, 0.15) is 11.5 Å². The summed E-state index contributed by atoms with van der Waals surface area (Å²) in [4.78, 5) is 34.3. The van der Waals surface area contributed by atoms with Crippen LogP contribution in [-0.4, -0.2) is 30.1 Å². The third kappa shape index (κ3) is 2.91. The van der Waals surface area contributed by atoms with Crippen molar-refractivity contribution < 1.29 is 4.92 Å². The maximum Gasteiger partial charge on any atom is 0.293 e. The van der Waals surface area contributed by atoms with Gasteiger partial charge in [0, 0.05) is 6.07 Å². The van der Waals surface area contributed by atoms with Crippen molar-refractivity contribution in [1.82, 2.24) is 25.1 Å². The summed E-state index contributed by atoms with van der Waals surface area (Å²) in [5.74, 6) is 1.10. The smallest absolute Gasteiger partial charge is 0.293 e. The van der Waals surface area contributed by atoms with E-state index in [0.29, 0.717) is 17.2 Å². The van der Waals surface area contributed by atoms with Gasteiger partial charge in [0.2, 0.25) is 0 Å². The Bertz CT molecular complexity index is 1150. The van der Waals surface area contributed by atoms with Crippen LogP contribution in [0.2, 0.25) is 0 Å². The number of H-pyrrole nitrogens is 2. The molecule has 3 aromatic heterocycles. The SMILES string of the molecule is O=c1[nH]cnc2cc(NCc3nc(-c4cccs4)n[nH]3)c([N+](=O)[O-])cc12. The molecule has 0 atom stereocenters. The maximum absolute atomic E-state index is 11.8. The van der Waals surface area contributed by atoms with Crippen LogP contribution in [0.1, 0.15) is 5.82 Å². The monoisotopic (exact) mass is 369 g/mol. The minimum absolute atomic E-state index is 0.157. The first-order valence-electron chi connectivity index (χ1n) is 7.46. The highest BCUT2D eigenvalue weighted by Crippen LogP contribution is 2.28. The van der Waals surface area contributed by atoms with Gasteiger partial charge in [-0.1, -0.05) is 6.07 Å². The van der Waals surface area contributed by atoms with E-state index in [1.54, 1.807) is 0 Å². The third-order valence-corrected chi connectivity index (χ3v) is 4.54. The van der Waals surface area contributed by atoms with Crippen LogP contribution in [0.4, 0.5) is 11.4 Å². The summed E-state index contributed by atoms with van der Waals surface area (Å²) in [7, 11) is 0. The first kappa shape index (κ1) is 15.9. The number of nitro benzene ring substituents is 1. The van der Waals surface area contributed by atoms with E-state index < -0.39 is 10.5 Å². The van der Waals surface area contributed by atoms with Gasteiger partial charge in [-0.3, -0.25) is 20.0 Å². The molecule has 0 unspecified atom stereocenters. The number of fused-ring (bicyclic) bond motifs is 1. The highest BCUT2D eigenvalue weighted by atomic mass is 32.1. The molecule has 1 aromatic carbocycles. The van der Waals surface area contributed by atoms with Crippen LogP contribution in [0.25, 0.3) is 21.6 Å². The van der Waals surface area contributed by atoms with Gasteiger partial charge in [-0.15, -0.1) is 11.3 Å². The van der Waals surface area contributed by atoms with E-state index in [1.807, 2.05) is 17.5 Å². The molecule has 26 heavy (non-hydrogen) atoms. The first-order valence-corrected chi connectivity index (χ1v) is 8.34. The summed E-state index contributed by atoms with van der Waals surface area (Å²) in [6.07, 6.45) is 1.25. The zero-order valence-corrected chi connectivity index (χ0v) is 13.9. The predicted octanol–water partition coefficient (Wildman–Crippen LogP) is 2.29. The van der Waals surface area contributed by atoms with Crippen molar-refractivity contribution in [3.63, 3.8) is 0 Å². The largest absolute Gasteiger partial charge is 0.372 e. The van der Waals surface area contributed by atoms with Gasteiger partial charge in [-0.05, 0) is 17.5 Å². The summed E-state index contributed by atoms with van der Waals surface area (Å²) in [5.41, 5.74) is -0.0390. The van der Waals surface area contributed by atoms with E-state index in [2.05, 4.69) is 30.5 Å². The van der Waals surface area contributed by atoms with E-state index in [0.717, 1.165) is 4.88 Å². The second-order valence-electron chi connectivity index (χ2n) is 5.31. The van der Waals surface area contributed by atoms with E-state index in [4.69, 9.17) is 0 Å². The van der Waals surface area contributed by atoms with Gasteiger partial charge < -0.3 is 10.3 Å². The zero-order chi connectivity index (χ0) is 18.1. The van der Waals surface area contributed by atoms with Crippen molar-refractivity contribution in [2.75, 3.05) is 5.32 Å². The molecular formula is C15H11N7O3S. The fourth-order valence-electron chi connectivity index (χ4n) is 2.47. The van der Waals surface area contributed by atoms with Gasteiger partial charge in [0.25, 0.3) is 11.2 Å². The Morgan fingerprint density at radius 3 is 3.00 bits per heavy atom. The fourth-order valence-corrected chi connectivity index (χ4v) is 3.12. The number of aromatic amines is 2. The molecular weight excluding hydrogens is 358 g/mol. The Morgan fingerprint density at radius 2 is 2.23 bits per heavy atom. The zero-order valence-electron chi connectivity index (χ0n) is 13.1. The van der Waals surface area contributed by atoms with Crippen LogP contribution in [0.3, 0.4) is 0 Å². The molecule has 11 heteroatoms. The molecule has 4 aromatic rings. The molecule has 0 spiro atoms. The third-order valence-electron chi connectivity index (χ3n) is 3.67. The van der Waals surface area contributed by atoms with Crippen molar-refractivity contribution in [3.8, 4) is 10.7 Å². The van der Waals surface area contributed by atoms with Crippen LogP contribution in [-0.2, 0) is 6.54 Å². The molecule has 0 aliphatic carbocycles. The minimum atomic E-state index is -0.550. The number of hydrogen-bond acceptors (Lipinski definition) is 8. The Hall–Kier alpha value is -3.60. The number of thiophene rings is 1. The summed E-state index contributed by atoms with van der Waals surface area (Å²) in [6.45, 7) is 0.202. The van der Waals surface area contributed by atoms with Crippen LogP contribution in [0, 0.1) is 10.1 Å². The molecule has 130 valence electrons. The number of hydrogen-bond donors (Lipinski definition) is 3. The van der Waals surface area contributed by atoms with Crippen molar-refractivity contribution >= 4 is 33.6 Å². The van der Waals surface area contributed by atoms with Crippen LogP contribution >= 0.6 is 11.3 Å². The number of aromatic nitrogens is 5. The number of rotatable bonds is 5. The topological polar surface area (TPSA) is 142 Å². The molecule has 0 aliphatic rings. The molecule has 10 nitrogen and oxygen atoms in total. The first-order chi connectivity index (χ1) is 12.6. The Labute approximate surface area is 149 Å². The molecule has 3 heterocycles.